The van der Waals surface area contributed by atoms with Gasteiger partial charge in [-0.25, -0.2) is 0 Å². The van der Waals surface area contributed by atoms with Crippen molar-refractivity contribution in [2.45, 2.75) is 26.3 Å². The van der Waals surface area contributed by atoms with Crippen molar-refractivity contribution < 1.29 is 4.79 Å². The van der Waals surface area contributed by atoms with Crippen LogP contribution in [-0.4, -0.2) is 12.5 Å². The smallest absolute Gasteiger partial charge is 0.228 e. The van der Waals surface area contributed by atoms with Crippen molar-refractivity contribution in [2.24, 2.45) is 0 Å². The predicted octanol–water partition coefficient (Wildman–Crippen LogP) is 2.82. The summed E-state index contributed by atoms with van der Waals surface area (Å²) in [5.74, 6) is 0.0413. The Labute approximate surface area is 125 Å². The Kier molecular flexibility index (Phi) is 4.02. The molecule has 1 aliphatic heterocycles. The maximum absolute atomic E-state index is 12.2. The topological polar surface area (TPSA) is 41.1 Å². The van der Waals surface area contributed by atoms with Crippen LogP contribution in [0, 0.1) is 6.92 Å². The highest BCUT2D eigenvalue weighted by Crippen LogP contribution is 2.23. The molecule has 3 rings (SSSR count). The first-order valence-electron chi connectivity index (χ1n) is 7.39. The van der Waals surface area contributed by atoms with Gasteiger partial charge >= 0.3 is 0 Å². The molecule has 0 unspecified atom stereocenters. The van der Waals surface area contributed by atoms with Crippen LogP contribution < -0.4 is 10.6 Å². The Hall–Kier alpha value is -2.13. The van der Waals surface area contributed by atoms with Crippen LogP contribution in [0.15, 0.2) is 42.5 Å². The van der Waals surface area contributed by atoms with Gasteiger partial charge in [-0.15, -0.1) is 0 Å². The maximum Gasteiger partial charge on any atom is 0.228 e. The van der Waals surface area contributed by atoms with Crippen LogP contribution in [0.4, 0.5) is 5.69 Å². The normalized spacial score (nSPS) is 13.6. The lowest BCUT2D eigenvalue weighted by Gasteiger charge is -2.20. The minimum atomic E-state index is 0.0413. The van der Waals surface area contributed by atoms with E-state index in [1.807, 2.05) is 37.3 Å². The molecule has 2 aromatic carbocycles. The van der Waals surface area contributed by atoms with E-state index in [0.29, 0.717) is 6.42 Å². The van der Waals surface area contributed by atoms with E-state index in [1.54, 1.807) is 0 Å². The number of fused-ring (bicyclic) bond motifs is 1. The van der Waals surface area contributed by atoms with Gasteiger partial charge in [-0.3, -0.25) is 4.79 Å². The molecule has 3 nitrogen and oxygen atoms in total. The highest BCUT2D eigenvalue weighted by molar-refractivity contribution is 5.93. The number of hydrogen-bond acceptors (Lipinski definition) is 2. The molecule has 0 fully saturated rings. The molecule has 2 aromatic rings. The van der Waals surface area contributed by atoms with E-state index in [2.05, 4.69) is 22.8 Å². The first kappa shape index (κ1) is 13.8. The molecule has 0 saturated heterocycles. The number of hydrogen-bond donors (Lipinski definition) is 2. The molecule has 0 bridgehead atoms. The third-order valence-electron chi connectivity index (χ3n) is 3.87. The first-order valence-corrected chi connectivity index (χ1v) is 7.39. The molecule has 1 aliphatic rings. The van der Waals surface area contributed by atoms with Gasteiger partial charge in [0.05, 0.1) is 6.42 Å². The Morgan fingerprint density at radius 2 is 2.10 bits per heavy atom. The first-order chi connectivity index (χ1) is 10.2. The quantitative estimate of drug-likeness (QED) is 0.907. The average Bonchev–Trinajstić information content (AvgIpc) is 2.47. The lowest BCUT2D eigenvalue weighted by atomic mass is 9.99. The van der Waals surface area contributed by atoms with Gasteiger partial charge in [0.15, 0.2) is 0 Å². The SMILES string of the molecule is Cc1cccc(CC(=O)Nc2cccc3c2CNCC3)c1. The van der Waals surface area contributed by atoms with E-state index in [-0.39, 0.29) is 5.91 Å². The van der Waals surface area contributed by atoms with E-state index < -0.39 is 0 Å². The maximum atomic E-state index is 12.2. The molecule has 1 amide bonds. The molecule has 1 heterocycles. The zero-order valence-electron chi connectivity index (χ0n) is 12.3. The summed E-state index contributed by atoms with van der Waals surface area (Å²) >= 11 is 0. The van der Waals surface area contributed by atoms with Crippen molar-refractivity contribution in [2.75, 3.05) is 11.9 Å². The number of anilines is 1. The van der Waals surface area contributed by atoms with E-state index in [1.165, 1.54) is 16.7 Å². The Balaban J connectivity index is 1.73. The summed E-state index contributed by atoms with van der Waals surface area (Å²) in [6.07, 6.45) is 1.44. The summed E-state index contributed by atoms with van der Waals surface area (Å²) in [5, 5.41) is 6.42. The van der Waals surface area contributed by atoms with E-state index in [4.69, 9.17) is 0 Å². The largest absolute Gasteiger partial charge is 0.325 e. The van der Waals surface area contributed by atoms with Crippen LogP contribution >= 0.6 is 0 Å². The summed E-state index contributed by atoms with van der Waals surface area (Å²) in [5.41, 5.74) is 5.73. The molecular formula is C18H20N2O. The number of rotatable bonds is 3. The second-order valence-corrected chi connectivity index (χ2v) is 5.58. The number of carbonyl (C=O) groups is 1. The number of carbonyl (C=O) groups excluding carboxylic acids is 1. The summed E-state index contributed by atoms with van der Waals surface area (Å²) in [4.78, 5) is 12.2. The summed E-state index contributed by atoms with van der Waals surface area (Å²) < 4.78 is 0. The van der Waals surface area contributed by atoms with Gasteiger partial charge in [-0.1, -0.05) is 42.0 Å². The fourth-order valence-electron chi connectivity index (χ4n) is 2.83. The lowest BCUT2D eigenvalue weighted by molar-refractivity contribution is -0.115. The van der Waals surface area contributed by atoms with E-state index in [0.717, 1.165) is 30.8 Å². The lowest BCUT2D eigenvalue weighted by Crippen LogP contribution is -2.25. The Morgan fingerprint density at radius 1 is 1.24 bits per heavy atom. The van der Waals surface area contributed by atoms with Crippen LogP contribution in [0.2, 0.25) is 0 Å². The zero-order valence-corrected chi connectivity index (χ0v) is 12.3. The Bertz CT molecular complexity index is 664. The van der Waals surface area contributed by atoms with Crippen molar-refractivity contribution in [1.29, 1.82) is 0 Å². The second-order valence-electron chi connectivity index (χ2n) is 5.58. The third-order valence-corrected chi connectivity index (χ3v) is 3.87. The second kappa shape index (κ2) is 6.10. The molecule has 0 aromatic heterocycles. The minimum Gasteiger partial charge on any atom is -0.325 e. The molecule has 108 valence electrons. The number of amides is 1. The van der Waals surface area contributed by atoms with Crippen LogP contribution in [-0.2, 0) is 24.2 Å². The molecular weight excluding hydrogens is 260 g/mol. The van der Waals surface area contributed by atoms with Crippen LogP contribution in [0.25, 0.3) is 0 Å². The number of nitrogens with one attached hydrogen (secondary N) is 2. The van der Waals surface area contributed by atoms with Crippen molar-refractivity contribution >= 4 is 11.6 Å². The molecule has 21 heavy (non-hydrogen) atoms. The van der Waals surface area contributed by atoms with Crippen LogP contribution in [0.1, 0.15) is 22.3 Å². The van der Waals surface area contributed by atoms with Gasteiger partial charge in [0.1, 0.15) is 0 Å². The summed E-state index contributed by atoms with van der Waals surface area (Å²) in [7, 11) is 0. The molecule has 0 saturated carbocycles. The van der Waals surface area contributed by atoms with E-state index in [9.17, 15) is 4.79 Å². The third kappa shape index (κ3) is 3.31. The molecule has 0 atom stereocenters. The predicted molar refractivity (Wildman–Crippen MR) is 85.4 cm³/mol. The molecule has 0 radical (unpaired) electrons. The fourth-order valence-corrected chi connectivity index (χ4v) is 2.83. The molecule has 3 heteroatoms. The van der Waals surface area contributed by atoms with Crippen molar-refractivity contribution in [3.05, 3.63) is 64.7 Å². The Morgan fingerprint density at radius 3 is 2.95 bits per heavy atom. The molecule has 2 N–H and O–H groups in total. The van der Waals surface area contributed by atoms with Crippen molar-refractivity contribution in [1.82, 2.24) is 5.32 Å². The van der Waals surface area contributed by atoms with E-state index >= 15 is 0 Å². The van der Waals surface area contributed by atoms with Gasteiger partial charge < -0.3 is 10.6 Å². The van der Waals surface area contributed by atoms with Crippen LogP contribution in [0.3, 0.4) is 0 Å². The van der Waals surface area contributed by atoms with Gasteiger partial charge in [-0.2, -0.15) is 0 Å². The van der Waals surface area contributed by atoms with Crippen molar-refractivity contribution in [3.8, 4) is 0 Å². The van der Waals surface area contributed by atoms with Gasteiger partial charge in [0.25, 0.3) is 0 Å². The fraction of sp³-hybridized carbons (Fsp3) is 0.278. The average molecular weight is 280 g/mol. The summed E-state index contributed by atoms with van der Waals surface area (Å²) in [6.45, 7) is 3.88. The van der Waals surface area contributed by atoms with Gasteiger partial charge in [0.2, 0.25) is 5.91 Å². The molecule has 0 spiro atoms. The van der Waals surface area contributed by atoms with Gasteiger partial charge in [-0.05, 0) is 42.6 Å². The molecule has 0 aliphatic carbocycles. The van der Waals surface area contributed by atoms with Crippen molar-refractivity contribution in [3.63, 3.8) is 0 Å². The number of aryl methyl sites for hydroxylation is 1. The number of benzene rings is 2. The summed E-state index contributed by atoms with van der Waals surface area (Å²) in [6, 6.07) is 14.2. The van der Waals surface area contributed by atoms with Gasteiger partial charge in [0, 0.05) is 12.2 Å². The minimum absolute atomic E-state index is 0.0413. The van der Waals surface area contributed by atoms with Crippen LogP contribution in [0.5, 0.6) is 0 Å². The zero-order chi connectivity index (χ0) is 14.7. The standard InChI is InChI=1S/C18H20N2O/c1-13-4-2-5-14(10-13)11-18(21)20-17-7-3-6-15-8-9-19-12-16(15)17/h2-7,10,19H,8-9,11-12H2,1H3,(H,20,21). The highest BCUT2D eigenvalue weighted by atomic mass is 16.1. The highest BCUT2D eigenvalue weighted by Gasteiger charge is 2.14. The monoisotopic (exact) mass is 280 g/mol.